The fourth-order valence-electron chi connectivity index (χ4n) is 8.63. The van der Waals surface area contributed by atoms with Crippen LogP contribution in [0.2, 0.25) is 0 Å². The molecule has 9 aromatic carbocycles. The van der Waals surface area contributed by atoms with Crippen LogP contribution in [0.5, 0.6) is 0 Å². The Morgan fingerprint density at radius 2 is 0.914 bits per heavy atom. The molecule has 0 bridgehead atoms. The molecule has 272 valence electrons. The molecule has 0 aliphatic carbocycles. The molecule has 0 aliphatic rings. The Labute approximate surface area is 336 Å². The van der Waals surface area contributed by atoms with Gasteiger partial charge in [-0.25, -0.2) is 9.97 Å². The molecule has 0 saturated carbocycles. The summed E-state index contributed by atoms with van der Waals surface area (Å²) < 4.78 is 2.44. The lowest BCUT2D eigenvalue weighted by Crippen LogP contribution is -2.15. The second-order valence-corrected chi connectivity index (χ2v) is 14.6. The van der Waals surface area contributed by atoms with E-state index in [1.807, 2.05) is 30.6 Å². The molecule has 0 amide bonds. The van der Waals surface area contributed by atoms with Crippen molar-refractivity contribution in [2.24, 2.45) is 0 Å². The average molecular weight is 741 g/mol. The van der Waals surface area contributed by atoms with E-state index in [-0.39, 0.29) is 0 Å². The first kappa shape index (κ1) is 33.5. The van der Waals surface area contributed by atoms with Crippen LogP contribution >= 0.6 is 0 Å². The van der Waals surface area contributed by atoms with E-state index >= 15 is 0 Å². The van der Waals surface area contributed by atoms with Crippen LogP contribution in [0, 0.1) is 0 Å². The number of aromatic nitrogens is 3. The largest absolute Gasteiger partial charge is 0.309 e. The minimum atomic E-state index is 0.599. The van der Waals surface area contributed by atoms with Gasteiger partial charge in [-0.15, -0.1) is 0 Å². The topological polar surface area (TPSA) is 34.0 Å². The maximum absolute atomic E-state index is 5.06. The van der Waals surface area contributed by atoms with E-state index in [1.54, 1.807) is 0 Å². The molecule has 4 nitrogen and oxygen atoms in total. The molecule has 11 rings (SSSR count). The van der Waals surface area contributed by atoms with E-state index in [0.717, 1.165) is 55.5 Å². The first-order chi connectivity index (χ1) is 28.8. The van der Waals surface area contributed by atoms with Crippen molar-refractivity contribution in [3.63, 3.8) is 0 Å². The Kier molecular flexibility index (Phi) is 8.11. The van der Waals surface area contributed by atoms with E-state index in [0.29, 0.717) is 5.95 Å². The third-order valence-corrected chi connectivity index (χ3v) is 11.3. The summed E-state index contributed by atoms with van der Waals surface area (Å²) in [5, 5.41) is 7.18. The van der Waals surface area contributed by atoms with Gasteiger partial charge in [-0.05, 0) is 63.4 Å². The molecule has 2 heterocycles. The summed E-state index contributed by atoms with van der Waals surface area (Å²) in [5.74, 6) is 0.599. The van der Waals surface area contributed by atoms with Crippen molar-refractivity contribution >= 4 is 60.7 Å². The Bertz CT molecular complexity index is 3280. The van der Waals surface area contributed by atoms with E-state index in [2.05, 4.69) is 198 Å². The van der Waals surface area contributed by atoms with Crippen molar-refractivity contribution < 1.29 is 0 Å². The van der Waals surface area contributed by atoms with Gasteiger partial charge in [-0.2, -0.15) is 0 Å². The van der Waals surface area contributed by atoms with Crippen molar-refractivity contribution in [1.82, 2.24) is 14.5 Å². The average Bonchev–Trinajstić information content (AvgIpc) is 3.63. The minimum Gasteiger partial charge on any atom is -0.309 e. The lowest BCUT2D eigenvalue weighted by Gasteiger charge is -2.27. The Morgan fingerprint density at radius 1 is 0.345 bits per heavy atom. The number of hydrogen-bond acceptors (Lipinski definition) is 3. The van der Waals surface area contributed by atoms with Gasteiger partial charge in [0, 0.05) is 45.1 Å². The molecule has 0 radical (unpaired) electrons. The third kappa shape index (κ3) is 5.62. The van der Waals surface area contributed by atoms with E-state index in [4.69, 9.17) is 9.97 Å². The Balaban J connectivity index is 1.11. The number of fused-ring (bicyclic) bond motifs is 5. The molecule has 0 fully saturated rings. The van der Waals surface area contributed by atoms with Crippen molar-refractivity contribution in [2.45, 2.75) is 0 Å². The van der Waals surface area contributed by atoms with Gasteiger partial charge in [-0.3, -0.25) is 4.90 Å². The minimum absolute atomic E-state index is 0.599. The van der Waals surface area contributed by atoms with Gasteiger partial charge in [0.2, 0.25) is 5.95 Å². The summed E-state index contributed by atoms with van der Waals surface area (Å²) >= 11 is 0. The van der Waals surface area contributed by atoms with Crippen molar-refractivity contribution in [3.8, 4) is 39.1 Å². The predicted molar refractivity (Wildman–Crippen MR) is 242 cm³/mol. The van der Waals surface area contributed by atoms with Gasteiger partial charge in [0.25, 0.3) is 0 Å². The third-order valence-electron chi connectivity index (χ3n) is 11.3. The maximum Gasteiger partial charge on any atom is 0.234 e. The zero-order chi connectivity index (χ0) is 38.4. The normalized spacial score (nSPS) is 11.4. The number of para-hydroxylation sites is 2. The second-order valence-electron chi connectivity index (χ2n) is 14.6. The smallest absolute Gasteiger partial charge is 0.234 e. The number of rotatable bonds is 7. The molecule has 2 aromatic heterocycles. The quantitative estimate of drug-likeness (QED) is 0.163. The number of anilines is 3. The van der Waals surface area contributed by atoms with Gasteiger partial charge < -0.3 is 4.57 Å². The summed E-state index contributed by atoms with van der Waals surface area (Å²) in [7, 11) is 0. The van der Waals surface area contributed by atoms with Crippen molar-refractivity contribution in [2.75, 3.05) is 4.90 Å². The summed E-state index contributed by atoms with van der Waals surface area (Å²) in [6.07, 6.45) is 3.85. The number of nitrogens with zero attached hydrogens (tertiary/aromatic N) is 4. The molecule has 58 heavy (non-hydrogen) atoms. The Morgan fingerprint density at radius 3 is 1.72 bits per heavy atom. The van der Waals surface area contributed by atoms with Gasteiger partial charge in [-0.1, -0.05) is 176 Å². The van der Waals surface area contributed by atoms with Crippen LogP contribution in [0.25, 0.3) is 82.4 Å². The van der Waals surface area contributed by atoms with Gasteiger partial charge in [0.1, 0.15) is 0 Å². The number of hydrogen-bond donors (Lipinski definition) is 0. The van der Waals surface area contributed by atoms with Crippen LogP contribution < -0.4 is 4.90 Å². The predicted octanol–water partition coefficient (Wildman–Crippen LogP) is 14.4. The fourth-order valence-corrected chi connectivity index (χ4v) is 8.63. The Hall–Kier alpha value is -7.82. The van der Waals surface area contributed by atoms with Crippen LogP contribution in [0.15, 0.2) is 219 Å². The lowest BCUT2D eigenvalue weighted by atomic mass is 9.92. The highest BCUT2D eigenvalue weighted by atomic mass is 15.3. The summed E-state index contributed by atoms with van der Waals surface area (Å²) in [4.78, 5) is 12.3. The standard InChI is InChI=1S/C54H36N4/c1-2-16-37(17-3-1)41-35-55-54(56-36-41)58(50-31-15-21-39-19-5-7-24-44(39)50)52-29-13-10-26-46(52)45-25-9-8-22-42(45)40-32-33-48-47-27-11-12-28-51(47)57(53(48)34-40)49-30-14-20-38-18-4-6-23-43(38)49/h1-36H. The molecule has 0 aliphatic heterocycles. The van der Waals surface area contributed by atoms with E-state index in [9.17, 15) is 0 Å². The SMILES string of the molecule is c1ccc(-c2cnc(N(c3ccccc3-c3ccccc3-c3ccc4c5ccccc5n(-c5cccc6ccccc56)c4c3)c3cccc4ccccc34)nc2)cc1. The molecule has 0 atom stereocenters. The first-order valence-corrected chi connectivity index (χ1v) is 19.7. The summed E-state index contributed by atoms with van der Waals surface area (Å²) in [6, 6.07) is 73.5. The van der Waals surface area contributed by atoms with Gasteiger partial charge in [0.05, 0.1) is 28.1 Å². The molecule has 0 saturated heterocycles. The van der Waals surface area contributed by atoms with Crippen LogP contribution in [0.4, 0.5) is 17.3 Å². The highest BCUT2D eigenvalue weighted by Crippen LogP contribution is 2.45. The maximum atomic E-state index is 5.06. The zero-order valence-corrected chi connectivity index (χ0v) is 31.6. The van der Waals surface area contributed by atoms with Crippen LogP contribution in [0.1, 0.15) is 0 Å². The van der Waals surface area contributed by atoms with Crippen molar-refractivity contribution in [1.29, 1.82) is 0 Å². The van der Waals surface area contributed by atoms with E-state index in [1.165, 1.54) is 38.3 Å². The van der Waals surface area contributed by atoms with Gasteiger partial charge >= 0.3 is 0 Å². The highest BCUT2D eigenvalue weighted by molar-refractivity contribution is 6.12. The van der Waals surface area contributed by atoms with Gasteiger partial charge in [0.15, 0.2) is 0 Å². The summed E-state index contributed by atoms with van der Waals surface area (Å²) in [6.45, 7) is 0. The van der Waals surface area contributed by atoms with Crippen LogP contribution in [-0.2, 0) is 0 Å². The first-order valence-electron chi connectivity index (χ1n) is 19.7. The number of benzene rings is 9. The second kappa shape index (κ2) is 14.0. The van der Waals surface area contributed by atoms with E-state index < -0.39 is 0 Å². The molecule has 0 unspecified atom stereocenters. The highest BCUT2D eigenvalue weighted by Gasteiger charge is 2.23. The lowest BCUT2D eigenvalue weighted by molar-refractivity contribution is 1.09. The van der Waals surface area contributed by atoms with Crippen LogP contribution in [0.3, 0.4) is 0 Å². The zero-order valence-electron chi connectivity index (χ0n) is 31.6. The monoisotopic (exact) mass is 740 g/mol. The molecule has 0 spiro atoms. The fraction of sp³-hybridized carbons (Fsp3) is 0. The molecule has 0 N–H and O–H groups in total. The molecule has 4 heteroatoms. The van der Waals surface area contributed by atoms with Crippen LogP contribution in [-0.4, -0.2) is 14.5 Å². The molecule has 11 aromatic rings. The molecular weight excluding hydrogens is 705 g/mol. The molecular formula is C54H36N4. The van der Waals surface area contributed by atoms with Crippen molar-refractivity contribution in [3.05, 3.63) is 219 Å². The summed E-state index contributed by atoms with van der Waals surface area (Å²) in [5.41, 5.74) is 12.1.